The average Bonchev–Trinajstić information content (AvgIpc) is 3.17. The molecule has 0 radical (unpaired) electrons. The fourth-order valence-corrected chi connectivity index (χ4v) is 3.64. The van der Waals surface area contributed by atoms with Gasteiger partial charge in [0, 0.05) is 46.2 Å². The summed E-state index contributed by atoms with van der Waals surface area (Å²) >= 11 is 0. The second-order valence-corrected chi connectivity index (χ2v) is 7.07. The number of hydrogen-bond donors (Lipinski definition) is 2. The maximum Gasteiger partial charge on any atom is 0.335 e. The SMILES string of the molecule is CC(=O)Nc1cc(C(=O)O)ccc1N1CCN(CC(=O)N2CCCC2)CC1. The third-order valence-corrected chi connectivity index (χ3v) is 5.08. The summed E-state index contributed by atoms with van der Waals surface area (Å²) in [5.74, 6) is -1.07. The van der Waals surface area contributed by atoms with E-state index in [0.29, 0.717) is 25.3 Å². The summed E-state index contributed by atoms with van der Waals surface area (Å²) in [6.07, 6.45) is 2.19. The molecule has 1 aromatic rings. The molecule has 2 amide bonds. The van der Waals surface area contributed by atoms with Crippen molar-refractivity contribution in [2.45, 2.75) is 19.8 Å². The number of carboxylic acids is 1. The van der Waals surface area contributed by atoms with Crippen LogP contribution in [0.4, 0.5) is 11.4 Å². The minimum Gasteiger partial charge on any atom is -0.478 e. The number of likely N-dealkylation sites (tertiary alicyclic amines) is 1. The molecule has 2 aliphatic rings. The lowest BCUT2D eigenvalue weighted by atomic mass is 10.1. The summed E-state index contributed by atoms with van der Waals surface area (Å²) in [7, 11) is 0. The number of carbonyl (C=O) groups is 3. The highest BCUT2D eigenvalue weighted by Gasteiger charge is 2.24. The number of carbonyl (C=O) groups excluding carboxylic acids is 2. The molecule has 3 rings (SSSR count). The number of nitrogens with zero attached hydrogens (tertiary/aromatic N) is 3. The first-order valence-electron chi connectivity index (χ1n) is 9.34. The minimum atomic E-state index is -1.03. The van der Waals surface area contributed by atoms with Crippen LogP contribution in [0, 0.1) is 0 Å². The van der Waals surface area contributed by atoms with Crippen molar-refractivity contribution in [1.82, 2.24) is 9.80 Å². The van der Waals surface area contributed by atoms with E-state index in [9.17, 15) is 19.5 Å². The van der Waals surface area contributed by atoms with Gasteiger partial charge in [-0.25, -0.2) is 4.79 Å². The maximum absolute atomic E-state index is 12.3. The molecular formula is C19H26N4O4. The van der Waals surface area contributed by atoms with Crippen molar-refractivity contribution in [2.75, 3.05) is 56.0 Å². The molecule has 0 spiro atoms. The van der Waals surface area contributed by atoms with Crippen molar-refractivity contribution < 1.29 is 19.5 Å². The quantitative estimate of drug-likeness (QED) is 0.801. The Balaban J connectivity index is 1.63. The van der Waals surface area contributed by atoms with Gasteiger partial charge in [-0.15, -0.1) is 0 Å². The Bertz CT molecular complexity index is 722. The van der Waals surface area contributed by atoms with Gasteiger partial charge in [-0.2, -0.15) is 0 Å². The lowest BCUT2D eigenvalue weighted by Gasteiger charge is -2.37. The van der Waals surface area contributed by atoms with E-state index in [1.165, 1.54) is 13.0 Å². The van der Waals surface area contributed by atoms with Gasteiger partial charge in [0.15, 0.2) is 0 Å². The molecule has 27 heavy (non-hydrogen) atoms. The summed E-state index contributed by atoms with van der Waals surface area (Å²) in [5, 5.41) is 11.9. The first-order chi connectivity index (χ1) is 12.9. The van der Waals surface area contributed by atoms with Gasteiger partial charge in [0.1, 0.15) is 0 Å². The molecule has 8 nitrogen and oxygen atoms in total. The summed E-state index contributed by atoms with van der Waals surface area (Å²) in [6.45, 7) is 6.52. The average molecular weight is 374 g/mol. The van der Waals surface area contributed by atoms with Gasteiger partial charge >= 0.3 is 5.97 Å². The fraction of sp³-hybridized carbons (Fsp3) is 0.526. The molecule has 2 aliphatic heterocycles. The van der Waals surface area contributed by atoms with Gasteiger partial charge in [-0.05, 0) is 31.0 Å². The summed E-state index contributed by atoms with van der Waals surface area (Å²) in [6, 6.07) is 4.77. The predicted octanol–water partition coefficient (Wildman–Crippen LogP) is 1.09. The normalized spacial score (nSPS) is 17.8. The third-order valence-electron chi connectivity index (χ3n) is 5.08. The number of rotatable bonds is 5. The number of carboxylic acid groups (broad SMARTS) is 1. The van der Waals surface area contributed by atoms with Crippen LogP contribution in [0.15, 0.2) is 18.2 Å². The van der Waals surface area contributed by atoms with Crippen molar-refractivity contribution in [2.24, 2.45) is 0 Å². The van der Waals surface area contributed by atoms with Crippen molar-refractivity contribution in [1.29, 1.82) is 0 Å². The zero-order valence-electron chi connectivity index (χ0n) is 15.6. The first kappa shape index (κ1) is 19.2. The van der Waals surface area contributed by atoms with Crippen LogP contribution in [0.1, 0.15) is 30.1 Å². The van der Waals surface area contributed by atoms with Crippen molar-refractivity contribution in [3.8, 4) is 0 Å². The van der Waals surface area contributed by atoms with Gasteiger partial charge in [0.05, 0.1) is 23.5 Å². The molecule has 0 saturated carbocycles. The number of amides is 2. The molecule has 0 unspecified atom stereocenters. The second-order valence-electron chi connectivity index (χ2n) is 7.07. The molecule has 2 heterocycles. The predicted molar refractivity (Wildman–Crippen MR) is 102 cm³/mol. The number of hydrogen-bond acceptors (Lipinski definition) is 5. The van der Waals surface area contributed by atoms with E-state index >= 15 is 0 Å². The molecule has 2 N–H and O–H groups in total. The Hall–Kier alpha value is -2.61. The van der Waals surface area contributed by atoms with E-state index in [-0.39, 0.29) is 17.4 Å². The largest absolute Gasteiger partial charge is 0.478 e. The van der Waals surface area contributed by atoms with E-state index in [0.717, 1.165) is 44.7 Å². The van der Waals surface area contributed by atoms with E-state index in [1.54, 1.807) is 12.1 Å². The standard InChI is InChI=1S/C19H26N4O4/c1-14(24)20-16-12-15(19(26)27)4-5-17(16)22-10-8-21(9-11-22)13-18(25)23-6-2-3-7-23/h4-5,12H,2-3,6-11,13H2,1H3,(H,20,24)(H,26,27). The Labute approximate surface area is 158 Å². The Kier molecular flexibility index (Phi) is 5.95. The summed E-state index contributed by atoms with van der Waals surface area (Å²) in [5.41, 5.74) is 1.45. The molecule has 1 aromatic carbocycles. The van der Waals surface area contributed by atoms with Gasteiger partial charge in [-0.1, -0.05) is 0 Å². The van der Waals surface area contributed by atoms with Gasteiger partial charge < -0.3 is 20.2 Å². The lowest BCUT2D eigenvalue weighted by Crippen LogP contribution is -2.50. The zero-order valence-corrected chi connectivity index (χ0v) is 15.6. The second kappa shape index (κ2) is 8.39. The lowest BCUT2D eigenvalue weighted by molar-refractivity contribution is -0.131. The van der Waals surface area contributed by atoms with Gasteiger partial charge in [0.2, 0.25) is 11.8 Å². The van der Waals surface area contributed by atoms with Gasteiger partial charge in [0.25, 0.3) is 0 Å². The third kappa shape index (κ3) is 4.77. The summed E-state index contributed by atoms with van der Waals surface area (Å²) < 4.78 is 0. The molecule has 0 aliphatic carbocycles. The zero-order chi connectivity index (χ0) is 19.4. The molecular weight excluding hydrogens is 348 g/mol. The molecule has 8 heteroatoms. The molecule has 0 aromatic heterocycles. The molecule has 2 fully saturated rings. The maximum atomic E-state index is 12.3. The highest BCUT2D eigenvalue weighted by molar-refractivity contribution is 5.96. The number of nitrogens with one attached hydrogen (secondary N) is 1. The van der Waals surface area contributed by atoms with Crippen LogP contribution in [0.25, 0.3) is 0 Å². The molecule has 2 saturated heterocycles. The van der Waals surface area contributed by atoms with Gasteiger partial charge in [-0.3, -0.25) is 14.5 Å². The van der Waals surface area contributed by atoms with Crippen LogP contribution in [0.3, 0.4) is 0 Å². The molecule has 0 atom stereocenters. The van der Waals surface area contributed by atoms with Crippen LogP contribution in [-0.2, 0) is 9.59 Å². The number of anilines is 2. The number of benzene rings is 1. The van der Waals surface area contributed by atoms with E-state index in [2.05, 4.69) is 15.1 Å². The monoisotopic (exact) mass is 374 g/mol. The highest BCUT2D eigenvalue weighted by Crippen LogP contribution is 2.28. The first-order valence-corrected chi connectivity index (χ1v) is 9.34. The van der Waals surface area contributed by atoms with Crippen molar-refractivity contribution in [3.63, 3.8) is 0 Å². The molecule has 0 bridgehead atoms. The number of piperazine rings is 1. The van der Waals surface area contributed by atoms with Crippen LogP contribution < -0.4 is 10.2 Å². The minimum absolute atomic E-state index is 0.136. The summed E-state index contributed by atoms with van der Waals surface area (Å²) in [4.78, 5) is 41.2. The Morgan fingerprint density at radius 3 is 2.30 bits per heavy atom. The smallest absolute Gasteiger partial charge is 0.335 e. The highest BCUT2D eigenvalue weighted by atomic mass is 16.4. The van der Waals surface area contributed by atoms with Crippen LogP contribution in [0.2, 0.25) is 0 Å². The Morgan fingerprint density at radius 2 is 1.70 bits per heavy atom. The van der Waals surface area contributed by atoms with Crippen LogP contribution >= 0.6 is 0 Å². The topological polar surface area (TPSA) is 93.2 Å². The van der Waals surface area contributed by atoms with Crippen LogP contribution in [0.5, 0.6) is 0 Å². The van der Waals surface area contributed by atoms with Crippen LogP contribution in [-0.4, -0.2) is 78.5 Å². The number of aromatic carboxylic acids is 1. The molecule has 146 valence electrons. The fourth-order valence-electron chi connectivity index (χ4n) is 3.64. The van der Waals surface area contributed by atoms with E-state index < -0.39 is 5.97 Å². The van der Waals surface area contributed by atoms with E-state index in [4.69, 9.17) is 0 Å². The van der Waals surface area contributed by atoms with E-state index in [1.807, 2.05) is 4.90 Å². The van der Waals surface area contributed by atoms with Crippen molar-refractivity contribution in [3.05, 3.63) is 23.8 Å². The Morgan fingerprint density at radius 1 is 1.04 bits per heavy atom. The van der Waals surface area contributed by atoms with Crippen molar-refractivity contribution >= 4 is 29.2 Å².